The zero-order valence-electron chi connectivity index (χ0n) is 13.9. The first-order valence-corrected chi connectivity index (χ1v) is 8.61. The molecular formula is C18H29N3O. The second-order valence-electron chi connectivity index (χ2n) is 6.00. The summed E-state index contributed by atoms with van der Waals surface area (Å²) < 4.78 is 0. The molecule has 22 heavy (non-hydrogen) atoms. The fraction of sp³-hybridized carbons (Fsp3) is 0.611. The lowest BCUT2D eigenvalue weighted by atomic mass is 9.96. The summed E-state index contributed by atoms with van der Waals surface area (Å²) in [5.41, 5.74) is 2.37. The minimum absolute atomic E-state index is 0.0419. The summed E-state index contributed by atoms with van der Waals surface area (Å²) in [6.07, 6.45) is 6.01. The van der Waals surface area contributed by atoms with E-state index in [1.165, 1.54) is 24.9 Å². The average Bonchev–Trinajstić information content (AvgIpc) is 2.56. The average molecular weight is 303 g/mol. The molecule has 0 spiro atoms. The second kappa shape index (κ2) is 8.66. The van der Waals surface area contributed by atoms with Crippen molar-refractivity contribution < 1.29 is 4.79 Å². The van der Waals surface area contributed by atoms with Crippen LogP contribution in [0.25, 0.3) is 0 Å². The standard InChI is InChI=1S/C18H29N3O/c1-3-21(4-2)17-12-10-15(11-13-17)14-19-18(22)20-16-8-6-5-7-9-16/h10-13,16H,3-9,14H2,1-2H3,(H2,19,20,22). The Balaban J connectivity index is 1.77. The Morgan fingerprint density at radius 3 is 2.32 bits per heavy atom. The summed E-state index contributed by atoms with van der Waals surface area (Å²) in [4.78, 5) is 14.2. The number of hydrogen-bond acceptors (Lipinski definition) is 2. The van der Waals surface area contributed by atoms with Crippen LogP contribution in [0.15, 0.2) is 24.3 Å². The van der Waals surface area contributed by atoms with Crippen molar-refractivity contribution in [1.29, 1.82) is 0 Å². The first kappa shape index (κ1) is 16.7. The maximum atomic E-state index is 11.9. The Morgan fingerprint density at radius 1 is 1.09 bits per heavy atom. The van der Waals surface area contributed by atoms with E-state index in [9.17, 15) is 4.79 Å². The SMILES string of the molecule is CCN(CC)c1ccc(CNC(=O)NC2CCCCC2)cc1. The van der Waals surface area contributed by atoms with Gasteiger partial charge in [0.25, 0.3) is 0 Å². The lowest BCUT2D eigenvalue weighted by Gasteiger charge is -2.23. The van der Waals surface area contributed by atoms with Gasteiger partial charge in [-0.2, -0.15) is 0 Å². The lowest BCUT2D eigenvalue weighted by Crippen LogP contribution is -2.42. The van der Waals surface area contributed by atoms with Crippen molar-refractivity contribution >= 4 is 11.7 Å². The number of carbonyl (C=O) groups excluding carboxylic acids is 1. The van der Waals surface area contributed by atoms with Crippen LogP contribution in [0, 0.1) is 0 Å². The van der Waals surface area contributed by atoms with E-state index in [4.69, 9.17) is 0 Å². The van der Waals surface area contributed by atoms with Crippen LogP contribution in [0.4, 0.5) is 10.5 Å². The Bertz CT molecular complexity index is 448. The molecule has 1 aromatic rings. The first-order chi connectivity index (χ1) is 10.7. The summed E-state index contributed by atoms with van der Waals surface area (Å²) in [5.74, 6) is 0. The van der Waals surface area contributed by atoms with Gasteiger partial charge in [-0.15, -0.1) is 0 Å². The predicted molar refractivity (Wildman–Crippen MR) is 92.2 cm³/mol. The molecule has 2 rings (SSSR count). The van der Waals surface area contributed by atoms with Crippen LogP contribution in [-0.4, -0.2) is 25.2 Å². The maximum absolute atomic E-state index is 11.9. The highest BCUT2D eigenvalue weighted by atomic mass is 16.2. The Labute approximate surface area is 134 Å². The summed E-state index contributed by atoms with van der Waals surface area (Å²) in [6, 6.07) is 8.76. The van der Waals surface area contributed by atoms with Crippen molar-refractivity contribution in [2.24, 2.45) is 0 Å². The molecule has 0 aromatic heterocycles. The molecular weight excluding hydrogens is 274 g/mol. The van der Waals surface area contributed by atoms with Gasteiger partial charge in [0.05, 0.1) is 0 Å². The molecule has 0 unspecified atom stereocenters. The molecule has 1 saturated carbocycles. The van der Waals surface area contributed by atoms with E-state index in [-0.39, 0.29) is 6.03 Å². The van der Waals surface area contributed by atoms with Gasteiger partial charge >= 0.3 is 6.03 Å². The third kappa shape index (κ3) is 4.93. The van der Waals surface area contributed by atoms with Crippen molar-refractivity contribution in [3.63, 3.8) is 0 Å². The molecule has 4 nitrogen and oxygen atoms in total. The van der Waals surface area contributed by atoms with Crippen LogP contribution in [-0.2, 0) is 6.54 Å². The molecule has 1 fully saturated rings. The number of nitrogens with one attached hydrogen (secondary N) is 2. The Morgan fingerprint density at radius 2 is 1.73 bits per heavy atom. The Hall–Kier alpha value is -1.71. The van der Waals surface area contributed by atoms with Crippen LogP contribution in [0.2, 0.25) is 0 Å². The van der Waals surface area contributed by atoms with Gasteiger partial charge in [0.1, 0.15) is 0 Å². The van der Waals surface area contributed by atoms with Gasteiger partial charge in [-0.05, 0) is 44.4 Å². The van der Waals surface area contributed by atoms with E-state index < -0.39 is 0 Å². The quantitative estimate of drug-likeness (QED) is 0.842. The number of rotatable bonds is 6. The zero-order chi connectivity index (χ0) is 15.8. The number of hydrogen-bond donors (Lipinski definition) is 2. The third-order valence-electron chi connectivity index (χ3n) is 4.46. The number of nitrogens with zero attached hydrogens (tertiary/aromatic N) is 1. The maximum Gasteiger partial charge on any atom is 0.315 e. The molecule has 0 saturated heterocycles. The van der Waals surface area contributed by atoms with E-state index in [2.05, 4.69) is 53.6 Å². The number of amides is 2. The summed E-state index contributed by atoms with van der Waals surface area (Å²) in [6.45, 7) is 6.93. The predicted octanol–water partition coefficient (Wildman–Crippen LogP) is 3.66. The number of anilines is 1. The molecule has 0 aliphatic heterocycles. The molecule has 0 heterocycles. The fourth-order valence-electron chi connectivity index (χ4n) is 3.08. The Kier molecular flexibility index (Phi) is 6.56. The monoisotopic (exact) mass is 303 g/mol. The van der Waals surface area contributed by atoms with E-state index in [1.54, 1.807) is 0 Å². The largest absolute Gasteiger partial charge is 0.372 e. The van der Waals surface area contributed by atoms with Crippen molar-refractivity contribution in [3.05, 3.63) is 29.8 Å². The smallest absolute Gasteiger partial charge is 0.315 e. The molecule has 2 N–H and O–H groups in total. The van der Waals surface area contributed by atoms with Gasteiger partial charge in [0.2, 0.25) is 0 Å². The van der Waals surface area contributed by atoms with Gasteiger partial charge in [-0.1, -0.05) is 31.4 Å². The molecule has 4 heteroatoms. The van der Waals surface area contributed by atoms with Crippen molar-refractivity contribution in [3.8, 4) is 0 Å². The van der Waals surface area contributed by atoms with Crippen LogP contribution in [0.1, 0.15) is 51.5 Å². The van der Waals surface area contributed by atoms with Gasteiger partial charge < -0.3 is 15.5 Å². The summed E-state index contributed by atoms with van der Waals surface area (Å²) in [7, 11) is 0. The normalized spacial score (nSPS) is 15.4. The van der Waals surface area contributed by atoms with Crippen molar-refractivity contribution in [2.75, 3.05) is 18.0 Å². The lowest BCUT2D eigenvalue weighted by molar-refractivity contribution is 0.232. The molecule has 122 valence electrons. The highest BCUT2D eigenvalue weighted by Crippen LogP contribution is 2.17. The zero-order valence-corrected chi connectivity index (χ0v) is 13.9. The topological polar surface area (TPSA) is 44.4 Å². The van der Waals surface area contributed by atoms with E-state index in [0.717, 1.165) is 31.5 Å². The third-order valence-corrected chi connectivity index (χ3v) is 4.46. The van der Waals surface area contributed by atoms with Crippen LogP contribution in [0.3, 0.4) is 0 Å². The van der Waals surface area contributed by atoms with E-state index >= 15 is 0 Å². The molecule has 0 bridgehead atoms. The number of benzene rings is 1. The molecule has 0 atom stereocenters. The van der Waals surface area contributed by atoms with Crippen LogP contribution >= 0.6 is 0 Å². The first-order valence-electron chi connectivity index (χ1n) is 8.61. The van der Waals surface area contributed by atoms with E-state index in [0.29, 0.717) is 12.6 Å². The van der Waals surface area contributed by atoms with Gasteiger partial charge in [-0.3, -0.25) is 0 Å². The minimum Gasteiger partial charge on any atom is -0.372 e. The van der Waals surface area contributed by atoms with Crippen molar-refractivity contribution in [1.82, 2.24) is 10.6 Å². The summed E-state index contributed by atoms with van der Waals surface area (Å²) in [5, 5.41) is 6.04. The molecule has 0 radical (unpaired) electrons. The minimum atomic E-state index is -0.0419. The number of urea groups is 1. The fourth-order valence-corrected chi connectivity index (χ4v) is 3.08. The highest BCUT2D eigenvalue weighted by Gasteiger charge is 2.15. The van der Waals surface area contributed by atoms with Crippen LogP contribution < -0.4 is 15.5 Å². The molecule has 1 aliphatic rings. The summed E-state index contributed by atoms with van der Waals surface area (Å²) >= 11 is 0. The highest BCUT2D eigenvalue weighted by molar-refractivity contribution is 5.74. The molecule has 1 aromatic carbocycles. The number of carbonyl (C=O) groups is 1. The molecule has 1 aliphatic carbocycles. The van der Waals surface area contributed by atoms with Gasteiger partial charge in [0.15, 0.2) is 0 Å². The van der Waals surface area contributed by atoms with E-state index in [1.807, 2.05) is 0 Å². The van der Waals surface area contributed by atoms with Gasteiger partial charge in [0, 0.05) is 31.4 Å². The van der Waals surface area contributed by atoms with Gasteiger partial charge in [-0.25, -0.2) is 4.79 Å². The molecule has 2 amide bonds. The van der Waals surface area contributed by atoms with Crippen LogP contribution in [0.5, 0.6) is 0 Å². The second-order valence-corrected chi connectivity index (χ2v) is 6.00. The van der Waals surface area contributed by atoms with Crippen molar-refractivity contribution in [2.45, 2.75) is 58.5 Å².